The average molecular weight is 508 g/mol. The van der Waals surface area contributed by atoms with Gasteiger partial charge in [-0.2, -0.15) is 5.10 Å². The van der Waals surface area contributed by atoms with Crippen LogP contribution in [0.1, 0.15) is 50.7 Å². The lowest BCUT2D eigenvalue weighted by Crippen LogP contribution is -2.26. The zero-order chi connectivity index (χ0) is 24.9. The van der Waals surface area contributed by atoms with Crippen LogP contribution >= 0.6 is 0 Å². The lowest BCUT2D eigenvalue weighted by Gasteiger charge is -2.09. The zero-order valence-corrected chi connectivity index (χ0v) is 20.7. The molecule has 1 aliphatic carbocycles. The summed E-state index contributed by atoms with van der Waals surface area (Å²) in [5.41, 5.74) is 9.77. The average Bonchev–Trinajstić information content (AvgIpc) is 3.10. The maximum absolute atomic E-state index is 12.7. The van der Waals surface area contributed by atoms with Crippen molar-refractivity contribution in [2.24, 2.45) is 10.8 Å². The number of sulfonamides is 2. The van der Waals surface area contributed by atoms with E-state index in [-0.39, 0.29) is 15.5 Å². The largest absolute Gasteiger partial charge is 0.350 e. The van der Waals surface area contributed by atoms with E-state index in [0.29, 0.717) is 48.2 Å². The molecule has 2 amide bonds. The van der Waals surface area contributed by atoms with Crippen LogP contribution in [0.4, 0.5) is 4.79 Å². The van der Waals surface area contributed by atoms with Crippen molar-refractivity contribution in [3.63, 3.8) is 0 Å². The summed E-state index contributed by atoms with van der Waals surface area (Å²) in [6.07, 6.45) is 3.09. The van der Waals surface area contributed by atoms with Gasteiger partial charge in [0.25, 0.3) is 0 Å². The third-order valence-electron chi connectivity index (χ3n) is 5.33. The molecule has 3 rings (SSSR count). The molecule has 0 saturated heterocycles. The molecule has 0 fully saturated rings. The lowest BCUT2D eigenvalue weighted by atomic mass is 10.1. The molecule has 0 unspecified atom stereocenters. The Morgan fingerprint density at radius 3 is 1.62 bits per heavy atom. The Labute approximate surface area is 200 Å². The van der Waals surface area contributed by atoms with Crippen LogP contribution in [0.2, 0.25) is 0 Å². The van der Waals surface area contributed by atoms with Crippen LogP contribution in [0.25, 0.3) is 11.1 Å². The molecule has 0 spiro atoms. The number of hydrazone groups is 1. The molecule has 2 aromatic rings. The highest BCUT2D eigenvalue weighted by molar-refractivity contribution is 7.89. The molecule has 0 aliphatic heterocycles. The number of nitrogens with two attached hydrogens (primary N) is 1. The molecule has 0 heterocycles. The number of hydrogen-bond acceptors (Lipinski definition) is 6. The fourth-order valence-electron chi connectivity index (χ4n) is 3.55. The maximum Gasteiger partial charge on any atom is 0.332 e. The second-order valence-electron chi connectivity index (χ2n) is 7.85. The van der Waals surface area contributed by atoms with Gasteiger partial charge in [-0.1, -0.05) is 38.8 Å². The molecule has 10 nitrogen and oxygen atoms in total. The van der Waals surface area contributed by atoms with Crippen molar-refractivity contribution in [3.8, 4) is 11.1 Å². The van der Waals surface area contributed by atoms with Crippen LogP contribution in [0.3, 0.4) is 0 Å². The Balaban J connectivity index is 2.06. The summed E-state index contributed by atoms with van der Waals surface area (Å²) >= 11 is 0. The van der Waals surface area contributed by atoms with Gasteiger partial charge in [0, 0.05) is 24.2 Å². The Bertz CT molecular complexity index is 1230. The van der Waals surface area contributed by atoms with Gasteiger partial charge >= 0.3 is 6.03 Å². The van der Waals surface area contributed by atoms with E-state index in [2.05, 4.69) is 20.0 Å². The van der Waals surface area contributed by atoms with E-state index in [0.717, 1.165) is 12.8 Å². The van der Waals surface area contributed by atoms with Crippen LogP contribution in [0.15, 0.2) is 51.3 Å². The van der Waals surface area contributed by atoms with Crippen LogP contribution < -0.4 is 20.6 Å². The van der Waals surface area contributed by atoms with Crippen molar-refractivity contribution >= 4 is 31.8 Å². The summed E-state index contributed by atoms with van der Waals surface area (Å²) in [6.45, 7) is 4.55. The monoisotopic (exact) mass is 507 g/mol. The molecule has 184 valence electrons. The van der Waals surface area contributed by atoms with E-state index in [1.54, 1.807) is 12.1 Å². The number of rotatable bonds is 11. The van der Waals surface area contributed by atoms with Gasteiger partial charge in [-0.15, -0.1) is 0 Å². The second-order valence-corrected chi connectivity index (χ2v) is 11.4. The molecule has 12 heteroatoms. The zero-order valence-electron chi connectivity index (χ0n) is 19.1. The quantitative estimate of drug-likeness (QED) is 0.231. The highest BCUT2D eigenvalue weighted by atomic mass is 32.2. The van der Waals surface area contributed by atoms with Gasteiger partial charge in [-0.05, 0) is 48.2 Å². The molecule has 0 radical (unpaired) electrons. The van der Waals surface area contributed by atoms with Crippen molar-refractivity contribution in [2.75, 3.05) is 13.1 Å². The summed E-state index contributed by atoms with van der Waals surface area (Å²) in [7, 11) is -7.53. The van der Waals surface area contributed by atoms with E-state index in [9.17, 15) is 21.6 Å². The van der Waals surface area contributed by atoms with Gasteiger partial charge in [0.15, 0.2) is 0 Å². The molecule has 0 aromatic heterocycles. The van der Waals surface area contributed by atoms with Gasteiger partial charge in [0.1, 0.15) is 0 Å². The van der Waals surface area contributed by atoms with Crippen LogP contribution in [0.5, 0.6) is 0 Å². The first-order valence-electron chi connectivity index (χ1n) is 11.0. The number of urea groups is 1. The molecular weight excluding hydrogens is 478 g/mol. The molecule has 0 bridgehead atoms. The van der Waals surface area contributed by atoms with E-state index >= 15 is 0 Å². The number of carbonyl (C=O) groups excluding carboxylic acids is 1. The van der Waals surface area contributed by atoms with E-state index in [4.69, 9.17) is 5.73 Å². The number of amides is 2. The summed E-state index contributed by atoms with van der Waals surface area (Å²) in [5, 5.41) is 4.06. The Hall–Kier alpha value is -2.80. The number of unbranched alkanes of at least 4 members (excludes halogenated alkanes) is 2. The predicted molar refractivity (Wildman–Crippen MR) is 130 cm³/mol. The standard InChI is InChI=1S/C22H29N5O5S2/c1-3-5-11-24-33(29,30)15-7-9-17-18-10-8-16(34(31,32)25-12-6-4-2)14-20(18)21(19(17)13-15)26-27-22(23)28/h7-10,13-14,24-25H,3-6,11-12H2,1-2H3,(H3,23,27,28). The first-order valence-corrected chi connectivity index (χ1v) is 14.0. The molecule has 2 aromatic carbocycles. The molecule has 0 saturated carbocycles. The number of hydrogen-bond donors (Lipinski definition) is 4. The summed E-state index contributed by atoms with van der Waals surface area (Å²) < 4.78 is 56.1. The molecule has 0 atom stereocenters. The van der Waals surface area contributed by atoms with Crippen molar-refractivity contribution in [1.29, 1.82) is 0 Å². The van der Waals surface area contributed by atoms with Gasteiger partial charge in [0.05, 0.1) is 15.5 Å². The number of nitrogens with one attached hydrogen (secondary N) is 3. The van der Waals surface area contributed by atoms with Gasteiger partial charge in [-0.3, -0.25) is 0 Å². The minimum atomic E-state index is -3.76. The molecule has 34 heavy (non-hydrogen) atoms. The third kappa shape index (κ3) is 5.63. The van der Waals surface area contributed by atoms with Crippen LogP contribution in [-0.2, 0) is 20.0 Å². The Morgan fingerprint density at radius 1 is 0.794 bits per heavy atom. The van der Waals surface area contributed by atoms with Crippen molar-refractivity contribution in [3.05, 3.63) is 47.5 Å². The lowest BCUT2D eigenvalue weighted by molar-refractivity contribution is 0.249. The molecular formula is C22H29N5O5S2. The normalized spacial score (nSPS) is 12.8. The minimum absolute atomic E-state index is 0.0380. The van der Waals surface area contributed by atoms with E-state index < -0.39 is 26.1 Å². The molecule has 5 N–H and O–H groups in total. The van der Waals surface area contributed by atoms with E-state index in [1.807, 2.05) is 13.8 Å². The minimum Gasteiger partial charge on any atom is -0.350 e. The number of carbonyl (C=O) groups is 1. The maximum atomic E-state index is 12.7. The molecule has 1 aliphatic rings. The van der Waals surface area contributed by atoms with Gasteiger partial charge < -0.3 is 5.73 Å². The SMILES string of the molecule is CCCCNS(=O)(=O)c1ccc2c(c1)C(=NNC(N)=O)c1cc(S(=O)(=O)NCCCC)ccc1-2. The second kappa shape index (κ2) is 10.6. The van der Waals surface area contributed by atoms with Crippen molar-refractivity contribution in [2.45, 2.75) is 49.3 Å². The van der Waals surface area contributed by atoms with E-state index in [1.165, 1.54) is 24.3 Å². The Morgan fingerprint density at radius 2 is 1.24 bits per heavy atom. The highest BCUT2D eigenvalue weighted by Crippen LogP contribution is 2.39. The van der Waals surface area contributed by atoms with Crippen LogP contribution in [-0.4, -0.2) is 41.7 Å². The predicted octanol–water partition coefficient (Wildman–Crippen LogP) is 2.24. The smallest absolute Gasteiger partial charge is 0.332 e. The summed E-state index contributed by atoms with van der Waals surface area (Å²) in [6, 6.07) is 8.26. The fourth-order valence-corrected chi connectivity index (χ4v) is 5.75. The van der Waals surface area contributed by atoms with Crippen LogP contribution in [0, 0.1) is 0 Å². The summed E-state index contributed by atoms with van der Waals surface area (Å²) in [4.78, 5) is 11.4. The number of fused-ring (bicyclic) bond motifs is 3. The first kappa shape index (κ1) is 25.8. The third-order valence-corrected chi connectivity index (χ3v) is 8.24. The van der Waals surface area contributed by atoms with Crippen molar-refractivity contribution in [1.82, 2.24) is 14.9 Å². The number of primary amides is 1. The number of nitrogens with zero attached hydrogens (tertiary/aromatic N) is 1. The first-order chi connectivity index (χ1) is 16.1. The van der Waals surface area contributed by atoms with Gasteiger partial charge in [0.2, 0.25) is 20.0 Å². The highest BCUT2D eigenvalue weighted by Gasteiger charge is 2.29. The summed E-state index contributed by atoms with van der Waals surface area (Å²) in [5.74, 6) is 0. The number of benzene rings is 2. The van der Waals surface area contributed by atoms with Crippen molar-refractivity contribution < 1.29 is 21.6 Å². The van der Waals surface area contributed by atoms with Gasteiger partial charge in [-0.25, -0.2) is 36.5 Å². The fraction of sp³-hybridized carbons (Fsp3) is 0.364. The topological polar surface area (TPSA) is 160 Å². The Kier molecular flexibility index (Phi) is 8.08.